The second-order valence-corrected chi connectivity index (χ2v) is 9.29. The molecule has 0 radical (unpaired) electrons. The molecule has 0 saturated heterocycles. The number of nitrogen functional groups attached to an aromatic ring is 1. The molecule has 1 aromatic heterocycles. The number of nitrogens with zero attached hydrogens (tertiary/aromatic N) is 2. The van der Waals surface area contributed by atoms with Crippen LogP contribution in [0.5, 0.6) is 5.75 Å². The van der Waals surface area contributed by atoms with Gasteiger partial charge in [0, 0.05) is 0 Å². The van der Waals surface area contributed by atoms with Gasteiger partial charge in [0.15, 0.2) is 0 Å². The predicted octanol–water partition coefficient (Wildman–Crippen LogP) is -1.42. The number of hydrogen-bond donors (Lipinski definition) is 3. The van der Waals surface area contributed by atoms with Crippen molar-refractivity contribution in [1.29, 1.82) is 0 Å². The van der Waals surface area contributed by atoms with Crippen molar-refractivity contribution in [3.8, 4) is 17.0 Å². The number of halogens is 1. The van der Waals surface area contributed by atoms with Gasteiger partial charge in [0.2, 0.25) is 0 Å². The molecular formula is C14H18IN4O2-. The second kappa shape index (κ2) is 6.12. The van der Waals surface area contributed by atoms with Gasteiger partial charge < -0.3 is 5.21 Å². The van der Waals surface area contributed by atoms with Crippen LogP contribution in [0.3, 0.4) is 0 Å². The van der Waals surface area contributed by atoms with Crippen LogP contribution in [0.1, 0.15) is 19.4 Å². The van der Waals surface area contributed by atoms with E-state index in [-0.39, 0.29) is 24.6 Å². The summed E-state index contributed by atoms with van der Waals surface area (Å²) in [5, 5.41) is 6.50. The van der Waals surface area contributed by atoms with Crippen molar-refractivity contribution in [3.05, 3.63) is 33.7 Å². The number of nitrogens with two attached hydrogens (primary N) is 2. The molecule has 0 fully saturated rings. The van der Waals surface area contributed by atoms with Crippen molar-refractivity contribution in [2.24, 2.45) is 5.90 Å². The second-order valence-electron chi connectivity index (χ2n) is 4.90. The van der Waals surface area contributed by atoms with Crippen LogP contribution in [0.2, 0.25) is 0 Å². The largest absolute Gasteiger partial charge is 0.320 e. The molecule has 0 saturated carbocycles. The molecule has 1 aliphatic heterocycles. The van der Waals surface area contributed by atoms with Crippen LogP contribution in [-0.4, -0.2) is 22.3 Å². The minimum atomic E-state index is -0.220. The first kappa shape index (κ1) is 15.9. The fourth-order valence-corrected chi connectivity index (χ4v) is 5.83. The first-order valence-electron chi connectivity index (χ1n) is 6.24. The Morgan fingerprint density at radius 3 is 2.62 bits per heavy atom. The maximum absolute atomic E-state index is 6.50. The van der Waals surface area contributed by atoms with E-state index in [1.807, 2.05) is 6.07 Å². The molecule has 0 atom stereocenters. The average molecular weight is 401 g/mol. The maximum atomic E-state index is 6.50. The van der Waals surface area contributed by atoms with E-state index in [4.69, 9.17) is 15.7 Å². The number of aromatic nitrogens is 2. The average Bonchev–Trinajstić information content (AvgIpc) is 2.48. The Hall–Kier alpha value is -1.45. The summed E-state index contributed by atoms with van der Waals surface area (Å²) in [6.45, 7) is 4.45. The number of rotatable bonds is 1. The topological polar surface area (TPSA) is 107 Å². The minimum absolute atomic E-state index is 0.0406. The van der Waals surface area contributed by atoms with Crippen LogP contribution < -0.4 is 37.6 Å². The molecule has 0 bridgehead atoms. The van der Waals surface area contributed by atoms with Crippen molar-refractivity contribution < 1.29 is 31.1 Å². The molecule has 21 heavy (non-hydrogen) atoms. The normalized spacial score (nSPS) is 14.7. The standard InChI is InChI=1S/C14H15IN3O.H3NO/c1-14(2)11-12(17-7-18-13(11)16)9-5-4-8(19-3)6-10(9)15-14;1-2/h4-7H,1-3H3,(H2,16,17,18);2H,1H2/q-1;. The van der Waals surface area contributed by atoms with Crippen LogP contribution in [0.15, 0.2) is 24.5 Å². The summed E-state index contributed by atoms with van der Waals surface area (Å²) < 4.78 is 6.72. The summed E-state index contributed by atoms with van der Waals surface area (Å²) in [6.07, 6.45) is 1.54. The van der Waals surface area contributed by atoms with E-state index >= 15 is 0 Å². The van der Waals surface area contributed by atoms with Crippen molar-refractivity contribution in [1.82, 2.24) is 9.97 Å². The van der Waals surface area contributed by atoms with E-state index in [9.17, 15) is 0 Å². The van der Waals surface area contributed by atoms with Gasteiger partial charge in [0.25, 0.3) is 0 Å². The van der Waals surface area contributed by atoms with E-state index in [2.05, 4.69) is 41.8 Å². The number of alkyl halides is 1. The Morgan fingerprint density at radius 2 is 1.95 bits per heavy atom. The fourth-order valence-electron chi connectivity index (χ4n) is 2.38. The number of anilines is 1. The summed E-state index contributed by atoms with van der Waals surface area (Å²) in [4.78, 5) is 8.61. The van der Waals surface area contributed by atoms with Gasteiger partial charge >= 0.3 is 123 Å². The molecule has 114 valence electrons. The molecule has 0 amide bonds. The van der Waals surface area contributed by atoms with Crippen LogP contribution in [0.4, 0.5) is 5.82 Å². The van der Waals surface area contributed by atoms with Crippen molar-refractivity contribution in [2.75, 3.05) is 12.8 Å². The minimum Gasteiger partial charge on any atom is -0.320 e. The Labute approximate surface area is 133 Å². The van der Waals surface area contributed by atoms with Gasteiger partial charge in [-0.3, -0.25) is 0 Å². The van der Waals surface area contributed by atoms with Crippen LogP contribution in [0.25, 0.3) is 11.3 Å². The van der Waals surface area contributed by atoms with Crippen molar-refractivity contribution in [3.63, 3.8) is 0 Å². The van der Waals surface area contributed by atoms with E-state index < -0.39 is 0 Å². The predicted molar refractivity (Wildman–Crippen MR) is 76.1 cm³/mol. The zero-order valence-corrected chi connectivity index (χ0v) is 14.2. The van der Waals surface area contributed by atoms with E-state index in [1.165, 1.54) is 9.13 Å². The van der Waals surface area contributed by atoms with Gasteiger partial charge in [-0.15, -0.1) is 0 Å². The number of fused-ring (bicyclic) bond motifs is 3. The monoisotopic (exact) mass is 401 g/mol. The number of hydrogen-bond acceptors (Lipinski definition) is 6. The molecule has 0 unspecified atom stereocenters. The number of benzene rings is 1. The summed E-state index contributed by atoms with van der Waals surface area (Å²) in [5.74, 6) is 5.01. The van der Waals surface area contributed by atoms with Crippen LogP contribution in [-0.2, 0) is 3.42 Å². The zero-order valence-electron chi connectivity index (χ0n) is 12.1. The summed E-state index contributed by atoms with van der Waals surface area (Å²) in [6, 6.07) is 6.18. The fraction of sp³-hybridized carbons (Fsp3) is 0.286. The smallest absolute Gasteiger partial charge is 0.219 e. The Balaban J connectivity index is 0.000000774. The molecule has 2 heterocycles. The third-order valence-electron chi connectivity index (χ3n) is 3.24. The Morgan fingerprint density at radius 1 is 1.24 bits per heavy atom. The van der Waals surface area contributed by atoms with E-state index in [0.717, 1.165) is 17.0 Å². The third kappa shape index (κ3) is 2.81. The molecule has 7 heteroatoms. The summed E-state index contributed by atoms with van der Waals surface area (Å²) >= 11 is -0.220. The Kier molecular flexibility index (Phi) is 4.64. The van der Waals surface area contributed by atoms with E-state index in [0.29, 0.717) is 5.82 Å². The molecule has 2 aromatic rings. The number of ether oxygens (including phenoxy) is 1. The van der Waals surface area contributed by atoms with E-state index in [1.54, 1.807) is 13.4 Å². The van der Waals surface area contributed by atoms with Crippen LogP contribution in [0, 0.1) is 3.57 Å². The van der Waals surface area contributed by atoms with Crippen molar-refractivity contribution >= 4 is 5.82 Å². The quantitative estimate of drug-likeness (QED) is 0.308. The molecule has 1 aromatic carbocycles. The third-order valence-corrected chi connectivity index (χ3v) is 6.60. The SMILES string of the molecule is COc1ccc2c(c1)[I-]C(C)(C)c1c(N)ncnc1-2.NO. The van der Waals surface area contributed by atoms with Gasteiger partial charge in [0.1, 0.15) is 0 Å². The summed E-state index contributed by atoms with van der Waals surface area (Å²) in [7, 11) is 1.70. The zero-order chi connectivity index (χ0) is 15.6. The maximum Gasteiger partial charge on any atom is -0.219 e. The molecule has 0 spiro atoms. The molecule has 1 aliphatic rings. The van der Waals surface area contributed by atoms with Gasteiger partial charge in [-0.2, -0.15) is 0 Å². The van der Waals surface area contributed by atoms with Crippen molar-refractivity contribution in [2.45, 2.75) is 17.3 Å². The number of methoxy groups -OCH3 is 1. The molecular weight excluding hydrogens is 383 g/mol. The Bertz CT molecular complexity index is 661. The van der Waals surface area contributed by atoms with Crippen LogP contribution >= 0.6 is 0 Å². The first-order valence-corrected chi connectivity index (χ1v) is 8.40. The van der Waals surface area contributed by atoms with Gasteiger partial charge in [-0.05, 0) is 0 Å². The van der Waals surface area contributed by atoms with Gasteiger partial charge in [0.05, 0.1) is 0 Å². The molecule has 6 nitrogen and oxygen atoms in total. The van der Waals surface area contributed by atoms with Gasteiger partial charge in [-0.25, -0.2) is 5.90 Å². The molecule has 0 aliphatic carbocycles. The first-order chi connectivity index (χ1) is 10.0. The molecule has 3 rings (SSSR count). The summed E-state index contributed by atoms with van der Waals surface area (Å²) in [5.41, 5.74) is 9.32. The van der Waals surface area contributed by atoms with Gasteiger partial charge in [-0.1, -0.05) is 0 Å². The molecule has 5 N–H and O–H groups in total.